The van der Waals surface area contributed by atoms with Gasteiger partial charge in [-0.15, -0.1) is 0 Å². The molecule has 0 aliphatic carbocycles. The molecule has 0 saturated heterocycles. The summed E-state index contributed by atoms with van der Waals surface area (Å²) in [6.45, 7) is 2.93. The van der Waals surface area contributed by atoms with Crippen molar-refractivity contribution in [3.63, 3.8) is 0 Å². The molecule has 2 N–H and O–H groups in total. The summed E-state index contributed by atoms with van der Waals surface area (Å²) in [5.41, 5.74) is 6.18. The molecule has 0 saturated carbocycles. The van der Waals surface area contributed by atoms with Crippen LogP contribution in [-0.2, 0) is 11.3 Å². The van der Waals surface area contributed by atoms with Gasteiger partial charge in [0.15, 0.2) is 5.69 Å². The van der Waals surface area contributed by atoms with Crippen LogP contribution >= 0.6 is 15.9 Å². The van der Waals surface area contributed by atoms with Gasteiger partial charge >= 0.3 is 5.97 Å². The zero-order valence-electron chi connectivity index (χ0n) is 11.6. The number of esters is 1. The molecule has 2 rings (SSSR count). The molecule has 7 heteroatoms. The van der Waals surface area contributed by atoms with Crippen molar-refractivity contribution in [3.05, 3.63) is 40.6 Å². The van der Waals surface area contributed by atoms with Crippen LogP contribution in [0.1, 0.15) is 17.4 Å². The van der Waals surface area contributed by atoms with E-state index in [0.717, 1.165) is 10.2 Å². The molecule has 1 aromatic heterocycles. The quantitative estimate of drug-likeness (QED) is 0.807. The first kappa shape index (κ1) is 15.4. The van der Waals surface area contributed by atoms with E-state index in [4.69, 9.17) is 15.2 Å². The average Bonchev–Trinajstić information content (AvgIpc) is 2.82. The third-order valence-corrected chi connectivity index (χ3v) is 3.19. The minimum Gasteiger partial charge on any atom is -0.492 e. The minimum atomic E-state index is -0.512. The first-order valence-corrected chi connectivity index (χ1v) is 7.28. The second-order valence-electron chi connectivity index (χ2n) is 4.22. The fraction of sp³-hybridized carbons (Fsp3) is 0.286. The highest BCUT2D eigenvalue weighted by atomic mass is 79.9. The molecule has 1 heterocycles. The van der Waals surface area contributed by atoms with Crippen LogP contribution in [0.3, 0.4) is 0 Å². The summed E-state index contributed by atoms with van der Waals surface area (Å²) in [6.07, 6.45) is 1.59. The van der Waals surface area contributed by atoms with Gasteiger partial charge < -0.3 is 15.2 Å². The van der Waals surface area contributed by atoms with Crippen LogP contribution in [-0.4, -0.2) is 29.0 Å². The van der Waals surface area contributed by atoms with Gasteiger partial charge in [0, 0.05) is 10.7 Å². The molecule has 0 unspecified atom stereocenters. The minimum absolute atomic E-state index is 0.139. The standard InChI is InChI=1S/C14H16BrN3O3/c1-2-20-14(19)13-12(16)9-18(17-13)7-8-21-11-5-3-10(15)4-6-11/h3-6,9H,2,7-8,16H2,1H3. The largest absolute Gasteiger partial charge is 0.492 e. The van der Waals surface area contributed by atoms with E-state index in [2.05, 4.69) is 21.0 Å². The van der Waals surface area contributed by atoms with E-state index in [0.29, 0.717) is 18.8 Å². The van der Waals surface area contributed by atoms with E-state index in [1.807, 2.05) is 24.3 Å². The van der Waals surface area contributed by atoms with Crippen LogP contribution in [0.15, 0.2) is 34.9 Å². The monoisotopic (exact) mass is 353 g/mol. The number of rotatable bonds is 6. The number of hydrogen-bond donors (Lipinski definition) is 1. The van der Waals surface area contributed by atoms with Crippen LogP contribution in [0.2, 0.25) is 0 Å². The Labute approximate surface area is 131 Å². The molecular weight excluding hydrogens is 338 g/mol. The van der Waals surface area contributed by atoms with E-state index < -0.39 is 5.97 Å². The normalized spacial score (nSPS) is 10.4. The molecule has 0 spiro atoms. The summed E-state index contributed by atoms with van der Waals surface area (Å²) in [4.78, 5) is 11.6. The van der Waals surface area contributed by atoms with Crippen LogP contribution in [0.4, 0.5) is 5.69 Å². The molecule has 0 bridgehead atoms. The van der Waals surface area contributed by atoms with Crippen molar-refractivity contribution < 1.29 is 14.3 Å². The first-order chi connectivity index (χ1) is 10.1. The van der Waals surface area contributed by atoms with Crippen LogP contribution in [0.5, 0.6) is 5.75 Å². The predicted octanol–water partition coefficient (Wildman–Crippen LogP) is 2.48. The van der Waals surface area contributed by atoms with Crippen molar-refractivity contribution in [2.24, 2.45) is 0 Å². The van der Waals surface area contributed by atoms with Crippen LogP contribution in [0, 0.1) is 0 Å². The maximum absolute atomic E-state index is 11.6. The van der Waals surface area contributed by atoms with E-state index in [1.54, 1.807) is 17.8 Å². The smallest absolute Gasteiger partial charge is 0.361 e. The van der Waals surface area contributed by atoms with Gasteiger partial charge in [0.05, 0.1) is 18.8 Å². The van der Waals surface area contributed by atoms with Gasteiger partial charge in [-0.2, -0.15) is 5.10 Å². The summed E-state index contributed by atoms with van der Waals surface area (Å²) in [5.74, 6) is 0.256. The number of nitrogens with zero attached hydrogens (tertiary/aromatic N) is 2. The van der Waals surface area contributed by atoms with Crippen molar-refractivity contribution >= 4 is 27.6 Å². The molecule has 0 aliphatic rings. The van der Waals surface area contributed by atoms with Crippen molar-refractivity contribution in [2.45, 2.75) is 13.5 Å². The summed E-state index contributed by atoms with van der Waals surface area (Å²) in [7, 11) is 0. The number of aromatic nitrogens is 2. The van der Waals surface area contributed by atoms with Crippen LogP contribution in [0.25, 0.3) is 0 Å². The molecule has 6 nitrogen and oxygen atoms in total. The van der Waals surface area contributed by atoms with Crippen molar-refractivity contribution in [1.82, 2.24) is 9.78 Å². The number of hydrogen-bond acceptors (Lipinski definition) is 5. The number of carbonyl (C=O) groups is 1. The Kier molecular flexibility index (Phi) is 5.21. The van der Waals surface area contributed by atoms with Crippen molar-refractivity contribution in [2.75, 3.05) is 18.9 Å². The highest BCUT2D eigenvalue weighted by Gasteiger charge is 2.15. The lowest BCUT2D eigenvalue weighted by atomic mass is 10.3. The third kappa shape index (κ3) is 4.22. The lowest BCUT2D eigenvalue weighted by Gasteiger charge is -2.06. The molecule has 1 aromatic carbocycles. The molecular formula is C14H16BrN3O3. The maximum Gasteiger partial charge on any atom is 0.361 e. The van der Waals surface area contributed by atoms with Gasteiger partial charge in [-0.1, -0.05) is 15.9 Å². The highest BCUT2D eigenvalue weighted by Crippen LogP contribution is 2.16. The van der Waals surface area contributed by atoms with Crippen molar-refractivity contribution in [3.8, 4) is 5.75 Å². The van der Waals surface area contributed by atoms with E-state index in [9.17, 15) is 4.79 Å². The van der Waals surface area contributed by atoms with E-state index in [-0.39, 0.29) is 12.3 Å². The number of carbonyl (C=O) groups excluding carboxylic acids is 1. The second-order valence-corrected chi connectivity index (χ2v) is 5.13. The highest BCUT2D eigenvalue weighted by molar-refractivity contribution is 9.10. The van der Waals surface area contributed by atoms with E-state index in [1.165, 1.54) is 0 Å². The second kappa shape index (κ2) is 7.12. The Morgan fingerprint density at radius 3 is 2.76 bits per heavy atom. The number of benzene rings is 1. The first-order valence-electron chi connectivity index (χ1n) is 6.48. The Hall–Kier alpha value is -2.02. The lowest BCUT2D eigenvalue weighted by molar-refractivity contribution is 0.0519. The molecule has 112 valence electrons. The van der Waals surface area contributed by atoms with Gasteiger partial charge in [-0.25, -0.2) is 4.79 Å². The van der Waals surface area contributed by atoms with Gasteiger partial charge in [0.2, 0.25) is 0 Å². The fourth-order valence-corrected chi connectivity index (χ4v) is 1.96. The zero-order chi connectivity index (χ0) is 15.2. The summed E-state index contributed by atoms with van der Waals surface area (Å²) in [6, 6.07) is 7.54. The number of ether oxygens (including phenoxy) is 2. The average molecular weight is 354 g/mol. The fourth-order valence-electron chi connectivity index (χ4n) is 1.70. The Balaban J connectivity index is 1.90. The Morgan fingerprint density at radius 1 is 1.38 bits per heavy atom. The molecule has 0 amide bonds. The van der Waals surface area contributed by atoms with Gasteiger partial charge in [-0.05, 0) is 31.2 Å². The SMILES string of the molecule is CCOC(=O)c1nn(CCOc2ccc(Br)cc2)cc1N. The number of anilines is 1. The van der Waals surface area contributed by atoms with E-state index >= 15 is 0 Å². The Morgan fingerprint density at radius 2 is 2.10 bits per heavy atom. The summed E-state index contributed by atoms with van der Waals surface area (Å²) in [5, 5.41) is 4.10. The van der Waals surface area contributed by atoms with Crippen LogP contribution < -0.4 is 10.5 Å². The molecule has 21 heavy (non-hydrogen) atoms. The summed E-state index contributed by atoms with van der Waals surface area (Å²) >= 11 is 3.36. The van der Waals surface area contributed by atoms with Gasteiger partial charge in [0.1, 0.15) is 12.4 Å². The van der Waals surface area contributed by atoms with Crippen molar-refractivity contribution in [1.29, 1.82) is 0 Å². The number of nitrogens with two attached hydrogens (primary N) is 1. The molecule has 0 fully saturated rings. The zero-order valence-corrected chi connectivity index (χ0v) is 13.2. The molecule has 0 radical (unpaired) electrons. The Bertz CT molecular complexity index is 610. The predicted molar refractivity (Wildman–Crippen MR) is 82.2 cm³/mol. The maximum atomic E-state index is 11.6. The topological polar surface area (TPSA) is 79.4 Å². The number of halogens is 1. The van der Waals surface area contributed by atoms with Gasteiger partial charge in [0.25, 0.3) is 0 Å². The summed E-state index contributed by atoms with van der Waals surface area (Å²) < 4.78 is 13.0. The molecule has 0 aliphatic heterocycles. The number of nitrogen functional groups attached to an aromatic ring is 1. The van der Waals surface area contributed by atoms with Gasteiger partial charge in [-0.3, -0.25) is 4.68 Å². The molecule has 0 atom stereocenters. The lowest BCUT2D eigenvalue weighted by Crippen LogP contribution is -2.11. The molecule has 2 aromatic rings. The third-order valence-electron chi connectivity index (χ3n) is 2.66.